The molecule has 3 aromatic heterocycles. The van der Waals surface area contributed by atoms with Gasteiger partial charge in [0.1, 0.15) is 12.1 Å². The van der Waals surface area contributed by atoms with Crippen LogP contribution in [-0.4, -0.2) is 42.8 Å². The maximum atomic E-state index is 4.23. The molecule has 3 heterocycles. The van der Waals surface area contributed by atoms with Crippen molar-refractivity contribution in [2.24, 2.45) is 7.05 Å². The van der Waals surface area contributed by atoms with Crippen LogP contribution in [0.2, 0.25) is 0 Å². The third kappa shape index (κ3) is 2.48. The van der Waals surface area contributed by atoms with Gasteiger partial charge < -0.3 is 10.6 Å². The number of rotatable bonds is 5. The van der Waals surface area contributed by atoms with Crippen molar-refractivity contribution in [1.82, 2.24) is 29.7 Å². The molecule has 0 bridgehead atoms. The minimum atomic E-state index is 0.614. The zero-order chi connectivity index (χ0) is 13.8. The Balaban J connectivity index is 1.60. The number of nitrogens with zero attached hydrogens (tertiary/aromatic N) is 6. The highest BCUT2D eigenvalue weighted by molar-refractivity contribution is 5.85. The summed E-state index contributed by atoms with van der Waals surface area (Å²) in [5, 5.41) is 11.4. The van der Waals surface area contributed by atoms with E-state index in [4.69, 9.17) is 0 Å². The standard InChI is InChI=1S/C12H14N8/c1-20-11-9(7-19-20)10(17-8-18-11)13-5-6-16-12-14-3-2-4-15-12/h2-4,7-8H,5-6H2,1H3,(H,13,17,18)(H,14,15,16). The Bertz CT molecular complexity index is 693. The lowest BCUT2D eigenvalue weighted by atomic mass is 10.4. The molecule has 8 heteroatoms. The van der Waals surface area contributed by atoms with Crippen molar-refractivity contribution < 1.29 is 0 Å². The molecule has 0 atom stereocenters. The van der Waals surface area contributed by atoms with Gasteiger partial charge in [0.15, 0.2) is 5.65 Å². The summed E-state index contributed by atoms with van der Waals surface area (Å²) in [6, 6.07) is 1.78. The molecule has 0 aliphatic carbocycles. The Morgan fingerprint density at radius 3 is 2.70 bits per heavy atom. The molecule has 0 aliphatic heterocycles. The number of aryl methyl sites for hydroxylation is 1. The fourth-order valence-corrected chi connectivity index (χ4v) is 1.85. The van der Waals surface area contributed by atoms with Gasteiger partial charge in [-0.25, -0.2) is 19.9 Å². The number of anilines is 2. The lowest BCUT2D eigenvalue weighted by Crippen LogP contribution is -2.15. The van der Waals surface area contributed by atoms with Crippen molar-refractivity contribution in [3.63, 3.8) is 0 Å². The van der Waals surface area contributed by atoms with Crippen LogP contribution in [0.1, 0.15) is 0 Å². The van der Waals surface area contributed by atoms with Gasteiger partial charge in [-0.2, -0.15) is 5.10 Å². The number of nitrogens with one attached hydrogen (secondary N) is 2. The van der Waals surface area contributed by atoms with Crippen LogP contribution in [0.4, 0.5) is 11.8 Å². The van der Waals surface area contributed by atoms with Gasteiger partial charge in [-0.3, -0.25) is 4.68 Å². The van der Waals surface area contributed by atoms with Crippen molar-refractivity contribution in [3.8, 4) is 0 Å². The van der Waals surface area contributed by atoms with E-state index in [1.54, 1.807) is 29.3 Å². The highest BCUT2D eigenvalue weighted by Gasteiger charge is 2.06. The first-order valence-electron chi connectivity index (χ1n) is 6.22. The second-order valence-corrected chi connectivity index (χ2v) is 4.15. The zero-order valence-electron chi connectivity index (χ0n) is 11.0. The Labute approximate surface area is 115 Å². The minimum Gasteiger partial charge on any atom is -0.368 e. The van der Waals surface area contributed by atoms with E-state index in [9.17, 15) is 0 Å². The Kier molecular flexibility index (Phi) is 3.36. The van der Waals surface area contributed by atoms with E-state index in [0.29, 0.717) is 19.0 Å². The Morgan fingerprint density at radius 2 is 1.85 bits per heavy atom. The summed E-state index contributed by atoms with van der Waals surface area (Å²) < 4.78 is 1.72. The first-order valence-corrected chi connectivity index (χ1v) is 6.22. The SMILES string of the molecule is Cn1ncc2c(NCCNc3ncccn3)ncnc21. The summed E-state index contributed by atoms with van der Waals surface area (Å²) in [6.45, 7) is 1.38. The van der Waals surface area contributed by atoms with E-state index in [1.165, 1.54) is 6.33 Å². The maximum Gasteiger partial charge on any atom is 0.222 e. The lowest BCUT2D eigenvalue weighted by molar-refractivity contribution is 0.785. The van der Waals surface area contributed by atoms with Crippen LogP contribution in [0.5, 0.6) is 0 Å². The average Bonchev–Trinajstić information content (AvgIpc) is 2.87. The van der Waals surface area contributed by atoms with E-state index in [-0.39, 0.29) is 0 Å². The second-order valence-electron chi connectivity index (χ2n) is 4.15. The summed E-state index contributed by atoms with van der Waals surface area (Å²) in [5.41, 5.74) is 0.807. The number of hydrogen-bond acceptors (Lipinski definition) is 7. The molecule has 0 amide bonds. The smallest absolute Gasteiger partial charge is 0.222 e. The predicted molar refractivity (Wildman–Crippen MR) is 75.3 cm³/mol. The zero-order valence-corrected chi connectivity index (χ0v) is 11.0. The van der Waals surface area contributed by atoms with Crippen molar-refractivity contribution >= 4 is 22.8 Å². The summed E-state index contributed by atoms with van der Waals surface area (Å²) in [7, 11) is 1.85. The third-order valence-corrected chi connectivity index (χ3v) is 2.80. The van der Waals surface area contributed by atoms with E-state index >= 15 is 0 Å². The summed E-state index contributed by atoms with van der Waals surface area (Å²) in [5.74, 6) is 1.39. The van der Waals surface area contributed by atoms with Crippen LogP contribution in [0, 0.1) is 0 Å². The highest BCUT2D eigenvalue weighted by Crippen LogP contribution is 2.17. The van der Waals surface area contributed by atoms with Crippen LogP contribution >= 0.6 is 0 Å². The predicted octanol–water partition coefficient (Wildman–Crippen LogP) is 0.677. The molecule has 0 fully saturated rings. The van der Waals surface area contributed by atoms with Gasteiger partial charge >= 0.3 is 0 Å². The largest absolute Gasteiger partial charge is 0.368 e. The number of hydrogen-bond donors (Lipinski definition) is 2. The topological polar surface area (TPSA) is 93.4 Å². The molecule has 2 N–H and O–H groups in total. The van der Waals surface area contributed by atoms with Crippen LogP contribution in [-0.2, 0) is 7.05 Å². The average molecular weight is 270 g/mol. The molecular formula is C12H14N8. The molecule has 0 aromatic carbocycles. The van der Waals surface area contributed by atoms with Gasteiger partial charge in [0, 0.05) is 32.5 Å². The number of aromatic nitrogens is 6. The molecule has 0 aliphatic rings. The molecule has 8 nitrogen and oxygen atoms in total. The Morgan fingerprint density at radius 1 is 1.05 bits per heavy atom. The second kappa shape index (κ2) is 5.47. The fraction of sp³-hybridized carbons (Fsp3) is 0.250. The van der Waals surface area contributed by atoms with Crippen molar-refractivity contribution in [2.75, 3.05) is 23.7 Å². The highest BCUT2D eigenvalue weighted by atomic mass is 15.3. The molecule has 20 heavy (non-hydrogen) atoms. The Hall–Kier alpha value is -2.77. The van der Waals surface area contributed by atoms with Gasteiger partial charge in [-0.15, -0.1) is 0 Å². The van der Waals surface area contributed by atoms with Crippen LogP contribution in [0.3, 0.4) is 0 Å². The van der Waals surface area contributed by atoms with E-state index in [1.807, 2.05) is 7.05 Å². The molecule has 0 saturated heterocycles. The van der Waals surface area contributed by atoms with Crippen molar-refractivity contribution in [1.29, 1.82) is 0 Å². The quantitative estimate of drug-likeness (QED) is 0.658. The van der Waals surface area contributed by atoms with Crippen LogP contribution in [0.25, 0.3) is 11.0 Å². The fourth-order valence-electron chi connectivity index (χ4n) is 1.85. The first-order chi connectivity index (χ1) is 9.84. The molecule has 0 spiro atoms. The van der Waals surface area contributed by atoms with Gasteiger partial charge in [0.25, 0.3) is 0 Å². The molecule has 0 radical (unpaired) electrons. The van der Waals surface area contributed by atoms with E-state index in [0.717, 1.165) is 16.9 Å². The summed E-state index contributed by atoms with van der Waals surface area (Å²) in [4.78, 5) is 16.6. The van der Waals surface area contributed by atoms with Gasteiger partial charge in [0.05, 0.1) is 11.6 Å². The van der Waals surface area contributed by atoms with Crippen molar-refractivity contribution in [2.45, 2.75) is 0 Å². The summed E-state index contributed by atoms with van der Waals surface area (Å²) >= 11 is 0. The number of fused-ring (bicyclic) bond motifs is 1. The maximum absolute atomic E-state index is 4.23. The molecule has 0 saturated carbocycles. The minimum absolute atomic E-state index is 0.614. The molecule has 3 aromatic rings. The summed E-state index contributed by atoms with van der Waals surface area (Å²) in [6.07, 6.45) is 6.68. The normalized spacial score (nSPS) is 10.7. The molecule has 102 valence electrons. The lowest BCUT2D eigenvalue weighted by Gasteiger charge is -2.07. The molecular weight excluding hydrogens is 256 g/mol. The van der Waals surface area contributed by atoms with Gasteiger partial charge in [-0.05, 0) is 6.07 Å². The van der Waals surface area contributed by atoms with E-state index in [2.05, 4.69) is 35.7 Å². The van der Waals surface area contributed by atoms with Gasteiger partial charge in [-0.1, -0.05) is 0 Å². The van der Waals surface area contributed by atoms with Gasteiger partial charge in [0.2, 0.25) is 5.95 Å². The van der Waals surface area contributed by atoms with Crippen LogP contribution < -0.4 is 10.6 Å². The monoisotopic (exact) mass is 270 g/mol. The molecule has 0 unspecified atom stereocenters. The van der Waals surface area contributed by atoms with E-state index < -0.39 is 0 Å². The van der Waals surface area contributed by atoms with Crippen molar-refractivity contribution in [3.05, 3.63) is 31.0 Å². The third-order valence-electron chi connectivity index (χ3n) is 2.80. The van der Waals surface area contributed by atoms with Crippen LogP contribution in [0.15, 0.2) is 31.0 Å². The molecule has 3 rings (SSSR count). The first kappa shape index (κ1) is 12.3.